The van der Waals surface area contributed by atoms with Gasteiger partial charge in [-0.3, -0.25) is 0 Å². The minimum atomic E-state index is -4.46. The Kier molecular flexibility index (Phi) is 3.99. The number of halogens is 4. The molecule has 1 aromatic heterocycles. The fourth-order valence-electron chi connectivity index (χ4n) is 3.30. The average molecular weight is 337 g/mol. The number of alkyl halides is 3. The third kappa shape index (κ3) is 2.66. The maximum atomic E-state index is 12.7. The second-order valence-electron chi connectivity index (χ2n) is 5.97. The molecule has 0 aliphatic carbocycles. The minimum absolute atomic E-state index is 0.0214. The van der Waals surface area contributed by atoms with E-state index >= 15 is 0 Å². The summed E-state index contributed by atoms with van der Waals surface area (Å²) in [7, 11) is 0. The molecule has 0 bridgehead atoms. The number of aliphatic hydroxyl groups excluding tert-OH is 1. The summed E-state index contributed by atoms with van der Waals surface area (Å²) in [5, 5.41) is 9.70. The zero-order chi connectivity index (χ0) is 16.0. The fourth-order valence-corrected chi connectivity index (χ4v) is 3.59. The molecule has 8 heteroatoms. The molecule has 0 amide bonds. The molecule has 0 spiro atoms. The van der Waals surface area contributed by atoms with Crippen LogP contribution in [0, 0.1) is 11.3 Å². The monoisotopic (exact) mass is 336 g/mol. The first-order valence-corrected chi connectivity index (χ1v) is 7.40. The van der Waals surface area contributed by atoms with Gasteiger partial charge in [-0.05, 0) is 18.4 Å². The quantitative estimate of drug-likeness (QED) is 0.901. The van der Waals surface area contributed by atoms with Gasteiger partial charge >= 0.3 is 6.18 Å². The van der Waals surface area contributed by atoms with Crippen molar-refractivity contribution in [1.82, 2.24) is 4.98 Å². The number of fused-ring (bicyclic) bond motifs is 1. The molecule has 2 saturated heterocycles. The minimum Gasteiger partial charge on any atom is -0.396 e. The van der Waals surface area contributed by atoms with Crippen LogP contribution in [0.1, 0.15) is 12.0 Å². The molecular formula is C14H16ClF3N2O2. The Morgan fingerprint density at radius 1 is 1.50 bits per heavy atom. The molecule has 0 unspecified atom stereocenters. The van der Waals surface area contributed by atoms with Crippen LogP contribution in [-0.4, -0.2) is 43.0 Å². The summed E-state index contributed by atoms with van der Waals surface area (Å²) in [6.07, 6.45) is -2.85. The summed E-state index contributed by atoms with van der Waals surface area (Å²) in [6.45, 7) is 2.15. The van der Waals surface area contributed by atoms with Gasteiger partial charge in [0.1, 0.15) is 5.82 Å². The number of aromatic nitrogens is 1. The van der Waals surface area contributed by atoms with Crippen LogP contribution in [0.3, 0.4) is 0 Å². The number of anilines is 1. The van der Waals surface area contributed by atoms with Gasteiger partial charge in [-0.15, -0.1) is 0 Å². The van der Waals surface area contributed by atoms with Crippen LogP contribution in [0.4, 0.5) is 19.0 Å². The van der Waals surface area contributed by atoms with Crippen molar-refractivity contribution in [1.29, 1.82) is 0 Å². The summed E-state index contributed by atoms with van der Waals surface area (Å²) in [4.78, 5) is 5.75. The molecule has 1 aromatic rings. The predicted molar refractivity (Wildman–Crippen MR) is 74.9 cm³/mol. The van der Waals surface area contributed by atoms with E-state index in [0.717, 1.165) is 18.7 Å². The third-order valence-electron chi connectivity index (χ3n) is 4.58. The fraction of sp³-hybridized carbons (Fsp3) is 0.643. The molecule has 2 aliphatic rings. The lowest BCUT2D eigenvalue weighted by Crippen LogP contribution is -2.43. The van der Waals surface area contributed by atoms with Crippen LogP contribution < -0.4 is 4.90 Å². The summed E-state index contributed by atoms with van der Waals surface area (Å²) in [5.74, 6) is 0.559. The maximum Gasteiger partial charge on any atom is 0.417 e. The Bertz CT molecular complexity index is 570. The Morgan fingerprint density at radius 2 is 2.27 bits per heavy atom. The Morgan fingerprint density at radius 3 is 2.86 bits per heavy atom. The van der Waals surface area contributed by atoms with E-state index in [-0.39, 0.29) is 23.0 Å². The third-order valence-corrected chi connectivity index (χ3v) is 4.85. The zero-order valence-corrected chi connectivity index (χ0v) is 12.5. The van der Waals surface area contributed by atoms with E-state index in [1.54, 1.807) is 0 Å². The van der Waals surface area contributed by atoms with Crippen molar-refractivity contribution in [3.8, 4) is 0 Å². The highest BCUT2D eigenvalue weighted by atomic mass is 35.5. The van der Waals surface area contributed by atoms with Crippen molar-refractivity contribution in [3.63, 3.8) is 0 Å². The zero-order valence-electron chi connectivity index (χ0n) is 11.7. The Balaban J connectivity index is 1.86. The van der Waals surface area contributed by atoms with Gasteiger partial charge in [0, 0.05) is 31.3 Å². The molecule has 3 rings (SSSR count). The number of pyridine rings is 1. The van der Waals surface area contributed by atoms with E-state index < -0.39 is 11.7 Å². The van der Waals surface area contributed by atoms with Gasteiger partial charge in [-0.2, -0.15) is 13.2 Å². The van der Waals surface area contributed by atoms with Crippen molar-refractivity contribution in [3.05, 3.63) is 22.8 Å². The molecule has 0 saturated carbocycles. The molecule has 2 atom stereocenters. The highest BCUT2D eigenvalue weighted by Crippen LogP contribution is 2.44. The number of ether oxygens (including phenoxy) is 1. The molecule has 122 valence electrons. The van der Waals surface area contributed by atoms with E-state index in [1.807, 2.05) is 4.90 Å². The lowest BCUT2D eigenvalue weighted by atomic mass is 9.76. The Hall–Kier alpha value is -1.05. The highest BCUT2D eigenvalue weighted by Gasteiger charge is 2.49. The van der Waals surface area contributed by atoms with E-state index in [2.05, 4.69) is 4.98 Å². The molecule has 2 fully saturated rings. The second kappa shape index (κ2) is 5.54. The van der Waals surface area contributed by atoms with Crippen molar-refractivity contribution in [2.75, 3.05) is 37.8 Å². The van der Waals surface area contributed by atoms with Crippen LogP contribution in [-0.2, 0) is 10.9 Å². The van der Waals surface area contributed by atoms with Crippen LogP contribution >= 0.6 is 11.6 Å². The summed E-state index contributed by atoms with van der Waals surface area (Å²) < 4.78 is 43.5. The Labute approximate surface area is 130 Å². The number of hydrogen-bond donors (Lipinski definition) is 1. The summed E-state index contributed by atoms with van der Waals surface area (Å²) in [6, 6.07) is 0.897. The second-order valence-corrected chi connectivity index (χ2v) is 6.37. The number of aliphatic hydroxyl groups is 1. The first-order chi connectivity index (χ1) is 10.4. The molecule has 4 nitrogen and oxygen atoms in total. The number of nitrogens with zero attached hydrogens (tertiary/aromatic N) is 2. The van der Waals surface area contributed by atoms with E-state index in [0.29, 0.717) is 32.1 Å². The van der Waals surface area contributed by atoms with Gasteiger partial charge in [-0.1, -0.05) is 11.6 Å². The molecule has 22 heavy (non-hydrogen) atoms. The number of hydrogen-bond acceptors (Lipinski definition) is 4. The van der Waals surface area contributed by atoms with E-state index in [9.17, 15) is 18.3 Å². The molecule has 0 aromatic carbocycles. The van der Waals surface area contributed by atoms with Crippen molar-refractivity contribution in [2.24, 2.45) is 11.3 Å². The van der Waals surface area contributed by atoms with Crippen molar-refractivity contribution in [2.45, 2.75) is 12.6 Å². The molecule has 2 aliphatic heterocycles. The summed E-state index contributed by atoms with van der Waals surface area (Å²) >= 11 is 6.00. The largest absolute Gasteiger partial charge is 0.417 e. The topological polar surface area (TPSA) is 45.6 Å². The van der Waals surface area contributed by atoms with Gasteiger partial charge in [0.2, 0.25) is 0 Å². The SMILES string of the molecule is OC[C@]12COCC[C@H]1CN(c1ncc(C(F)(F)F)cc1Cl)C2. The van der Waals surface area contributed by atoms with Crippen LogP contribution in [0.15, 0.2) is 12.3 Å². The van der Waals surface area contributed by atoms with Gasteiger partial charge in [0.15, 0.2) is 0 Å². The van der Waals surface area contributed by atoms with Crippen LogP contribution in [0.5, 0.6) is 0 Å². The molecular weight excluding hydrogens is 321 g/mol. The van der Waals surface area contributed by atoms with Gasteiger partial charge in [-0.25, -0.2) is 4.98 Å². The number of rotatable bonds is 2. The van der Waals surface area contributed by atoms with Gasteiger partial charge in [0.25, 0.3) is 0 Å². The molecule has 1 N–H and O–H groups in total. The summed E-state index contributed by atoms with van der Waals surface area (Å²) in [5.41, 5.74) is -1.25. The van der Waals surface area contributed by atoms with Crippen molar-refractivity contribution >= 4 is 17.4 Å². The molecule has 3 heterocycles. The maximum absolute atomic E-state index is 12.7. The van der Waals surface area contributed by atoms with Crippen LogP contribution in [0.2, 0.25) is 5.02 Å². The van der Waals surface area contributed by atoms with Gasteiger partial charge < -0.3 is 14.7 Å². The van der Waals surface area contributed by atoms with Crippen LogP contribution in [0.25, 0.3) is 0 Å². The standard InChI is InChI=1S/C14H16ClF3N2O2/c15-11-3-10(14(16,17)18)4-19-12(11)20-5-9-1-2-22-8-13(9,6-20)7-21/h3-4,9,21H,1-2,5-8H2/t9-,13+/m0/s1. The van der Waals surface area contributed by atoms with E-state index in [1.165, 1.54) is 0 Å². The lowest BCUT2D eigenvalue weighted by molar-refractivity contribution is -0.137. The van der Waals surface area contributed by atoms with Gasteiger partial charge in [0.05, 0.1) is 23.8 Å². The first kappa shape index (κ1) is 15.8. The normalized spacial score (nSPS) is 28.8. The average Bonchev–Trinajstić information content (AvgIpc) is 2.86. The predicted octanol–water partition coefficient (Wildman–Crippen LogP) is 2.59. The highest BCUT2D eigenvalue weighted by molar-refractivity contribution is 6.33. The van der Waals surface area contributed by atoms with E-state index in [4.69, 9.17) is 16.3 Å². The van der Waals surface area contributed by atoms with Crippen molar-refractivity contribution < 1.29 is 23.0 Å². The smallest absolute Gasteiger partial charge is 0.396 e. The first-order valence-electron chi connectivity index (χ1n) is 7.02. The molecule has 0 radical (unpaired) electrons. The lowest BCUT2D eigenvalue weighted by Gasteiger charge is -2.36.